The molecular weight excluding hydrogens is 1340 g/mol. The lowest BCUT2D eigenvalue weighted by Crippen LogP contribution is -2.65. The highest BCUT2D eigenvalue weighted by atomic mass is 16.7. The topological polar surface area (TPSA) is 228 Å². The quantitative estimate of drug-likeness (QED) is 0.0204. The molecule has 2 saturated heterocycles. The molecule has 0 radical (unpaired) electrons. The Kier molecular flexibility index (Phi) is 73.6. The van der Waals surface area contributed by atoms with Gasteiger partial charge in [0.05, 0.1) is 32.0 Å². The second-order valence-corrected chi connectivity index (χ2v) is 33.9. The van der Waals surface area contributed by atoms with Crippen molar-refractivity contribution in [1.29, 1.82) is 0 Å². The molecule has 14 heteroatoms. The number of aliphatic hydroxyl groups excluding tert-OH is 8. The molecule has 0 aromatic rings. The van der Waals surface area contributed by atoms with E-state index in [1.807, 2.05) is 6.08 Å². The Labute approximate surface area is 660 Å². The van der Waals surface area contributed by atoms with Gasteiger partial charge in [-0.2, -0.15) is 0 Å². The third-order valence-corrected chi connectivity index (χ3v) is 23.7. The minimum atomic E-state index is -1.79. The van der Waals surface area contributed by atoms with E-state index >= 15 is 0 Å². The summed E-state index contributed by atoms with van der Waals surface area (Å²) in [6.07, 6.45) is 85.1. The van der Waals surface area contributed by atoms with Gasteiger partial charge in [-0.3, -0.25) is 4.79 Å². The number of ether oxygens (including phenoxy) is 4. The van der Waals surface area contributed by atoms with Crippen LogP contribution < -0.4 is 5.32 Å². The summed E-state index contributed by atoms with van der Waals surface area (Å²) in [5.74, 6) is -0.227. The van der Waals surface area contributed by atoms with E-state index in [9.17, 15) is 45.6 Å². The molecule has 107 heavy (non-hydrogen) atoms. The molecule has 1 amide bonds. The highest BCUT2D eigenvalue weighted by Crippen LogP contribution is 2.31. The Morgan fingerprint density at radius 2 is 0.579 bits per heavy atom. The van der Waals surface area contributed by atoms with Crippen LogP contribution in [0.3, 0.4) is 0 Å². The van der Waals surface area contributed by atoms with Gasteiger partial charge in [0.1, 0.15) is 48.8 Å². The predicted molar refractivity (Wildman–Crippen MR) is 448 cm³/mol. The summed E-state index contributed by atoms with van der Waals surface area (Å²) in [5.41, 5.74) is 0. The van der Waals surface area contributed by atoms with Gasteiger partial charge >= 0.3 is 0 Å². The summed E-state index contributed by atoms with van der Waals surface area (Å²) in [6.45, 7) is 2.90. The highest BCUT2D eigenvalue weighted by Gasteiger charge is 2.51. The van der Waals surface area contributed by atoms with Crippen LogP contribution in [0.5, 0.6) is 0 Å². The third kappa shape index (κ3) is 59.1. The number of carbonyl (C=O) groups is 1. The Balaban J connectivity index is 1.53. The van der Waals surface area contributed by atoms with Crippen LogP contribution in [0.1, 0.15) is 483 Å². The maximum absolute atomic E-state index is 13.4. The minimum Gasteiger partial charge on any atom is -0.394 e. The molecule has 0 bridgehead atoms. The van der Waals surface area contributed by atoms with Gasteiger partial charge in [-0.15, -0.1) is 0 Å². The monoisotopic (exact) mass is 1520 g/mol. The Morgan fingerprint density at radius 3 is 0.860 bits per heavy atom. The van der Waals surface area contributed by atoms with E-state index in [1.165, 1.54) is 417 Å². The first kappa shape index (κ1) is 102. The van der Waals surface area contributed by atoms with E-state index in [4.69, 9.17) is 18.9 Å². The van der Waals surface area contributed by atoms with Crippen molar-refractivity contribution < 1.29 is 64.6 Å². The van der Waals surface area contributed by atoms with Crippen LogP contribution >= 0.6 is 0 Å². The Bertz CT molecular complexity index is 1850. The summed E-state index contributed by atoms with van der Waals surface area (Å²) in [7, 11) is 0. The third-order valence-electron chi connectivity index (χ3n) is 23.7. The first-order valence-electron chi connectivity index (χ1n) is 47.4. The summed E-state index contributed by atoms with van der Waals surface area (Å²) in [5, 5.41) is 87.9. The fourth-order valence-electron chi connectivity index (χ4n) is 16.3. The van der Waals surface area contributed by atoms with Crippen LogP contribution in [0, 0.1) is 0 Å². The van der Waals surface area contributed by atoms with Crippen molar-refractivity contribution in [2.75, 3.05) is 19.8 Å². The largest absolute Gasteiger partial charge is 0.394 e. The van der Waals surface area contributed by atoms with Crippen LogP contribution in [0.4, 0.5) is 0 Å². The van der Waals surface area contributed by atoms with Crippen LogP contribution in [0.25, 0.3) is 0 Å². The molecule has 2 aliphatic rings. The molecule has 2 rings (SSSR count). The lowest BCUT2D eigenvalue weighted by molar-refractivity contribution is -0.359. The molecule has 0 aromatic heterocycles. The van der Waals surface area contributed by atoms with Gasteiger partial charge in [0, 0.05) is 6.42 Å². The van der Waals surface area contributed by atoms with Gasteiger partial charge in [0.25, 0.3) is 0 Å². The van der Waals surface area contributed by atoms with Crippen molar-refractivity contribution in [3.05, 3.63) is 12.2 Å². The number of amides is 1. The second-order valence-electron chi connectivity index (χ2n) is 33.9. The number of allylic oxidation sites excluding steroid dienone is 1. The maximum atomic E-state index is 13.4. The molecule has 12 atom stereocenters. The zero-order valence-electron chi connectivity index (χ0n) is 70.4. The molecule has 9 N–H and O–H groups in total. The van der Waals surface area contributed by atoms with Crippen molar-refractivity contribution in [3.63, 3.8) is 0 Å². The average molecular weight is 1520 g/mol. The number of rotatable bonds is 83. The lowest BCUT2D eigenvalue weighted by Gasteiger charge is -2.46. The lowest BCUT2D eigenvalue weighted by atomic mass is 9.97. The summed E-state index contributed by atoms with van der Waals surface area (Å²) in [4.78, 5) is 13.4. The zero-order valence-corrected chi connectivity index (χ0v) is 70.4. The summed E-state index contributed by atoms with van der Waals surface area (Å²) < 4.78 is 23.0. The summed E-state index contributed by atoms with van der Waals surface area (Å²) >= 11 is 0. The number of hydrogen-bond acceptors (Lipinski definition) is 13. The van der Waals surface area contributed by atoms with Crippen molar-refractivity contribution in [1.82, 2.24) is 5.32 Å². The number of nitrogens with one attached hydrogen (secondary N) is 1. The number of carbonyl (C=O) groups excluding carboxylic acids is 1. The molecule has 2 fully saturated rings. The molecule has 0 aromatic carbocycles. The number of unbranched alkanes of at least 4 members (excludes halogenated alkanes) is 70. The van der Waals surface area contributed by atoms with Crippen LogP contribution in [0.2, 0.25) is 0 Å². The molecule has 0 aliphatic carbocycles. The van der Waals surface area contributed by atoms with Crippen LogP contribution in [0.15, 0.2) is 12.2 Å². The first-order chi connectivity index (χ1) is 52.6. The SMILES string of the molecule is CCCCCCCCCCCCCCCCCCCCCCCCCCCCCCCC/C=C/C(O)C(COC1OC(CO)C(OC2OC(CO)C(O)C(O)C2O)C(O)C1O)NC(=O)CCCCCCCCCCCCCCCCCCCCCCCCCCCCCCCCCCCCCCCCCCC. The molecule has 0 saturated carbocycles. The molecule has 14 nitrogen and oxygen atoms in total. The molecule has 636 valence electrons. The Morgan fingerprint density at radius 1 is 0.327 bits per heavy atom. The maximum Gasteiger partial charge on any atom is 0.220 e. The van der Waals surface area contributed by atoms with Crippen molar-refractivity contribution >= 4 is 5.91 Å². The van der Waals surface area contributed by atoms with E-state index < -0.39 is 86.8 Å². The highest BCUT2D eigenvalue weighted by molar-refractivity contribution is 5.76. The zero-order chi connectivity index (χ0) is 77.2. The fourth-order valence-corrected chi connectivity index (χ4v) is 16.3. The molecule has 12 unspecified atom stereocenters. The first-order valence-corrected chi connectivity index (χ1v) is 47.4. The van der Waals surface area contributed by atoms with Crippen molar-refractivity contribution in [2.45, 2.75) is 556 Å². The van der Waals surface area contributed by atoms with Crippen LogP contribution in [-0.2, 0) is 23.7 Å². The number of aliphatic hydroxyl groups is 8. The Hall–Kier alpha value is -1.27. The predicted octanol–water partition coefficient (Wildman–Crippen LogP) is 23.5. The van der Waals surface area contributed by atoms with Gasteiger partial charge in [-0.25, -0.2) is 0 Å². The molecular formula is C93H181NO13. The fraction of sp³-hybridized carbons (Fsp3) is 0.968. The van der Waals surface area contributed by atoms with Crippen molar-refractivity contribution in [3.8, 4) is 0 Å². The van der Waals surface area contributed by atoms with Gasteiger partial charge in [0.15, 0.2) is 12.6 Å². The minimum absolute atomic E-state index is 0.227. The van der Waals surface area contributed by atoms with Crippen LogP contribution in [-0.4, -0.2) is 140 Å². The standard InChI is InChI=1S/C93H181NO13/c1-3-5-7-9-11-13-15-17-19-21-23-25-27-29-31-33-35-37-38-39-40-41-42-43-44-45-47-49-51-53-55-57-59-61-63-65-67-69-71-73-75-77-85(98)94-81(80-104-92-90(103)88(101)91(84(79-96)106-92)107-93-89(102)87(100)86(99)83(78-95)105-93)82(97)76-74-72-70-68-66-64-62-60-58-56-54-52-50-48-46-36-34-32-30-28-26-24-22-20-18-16-14-12-10-8-6-4-2/h74,76,81-84,86-93,95-97,99-103H,3-73,75,77-80H2,1-2H3,(H,94,98)/b76-74+. The molecule has 2 aliphatic heterocycles. The van der Waals surface area contributed by atoms with E-state index in [0.29, 0.717) is 0 Å². The van der Waals surface area contributed by atoms with Gasteiger partial charge in [-0.1, -0.05) is 469 Å². The van der Waals surface area contributed by atoms with E-state index in [0.717, 1.165) is 44.9 Å². The average Bonchev–Trinajstić information content (AvgIpc) is 0.790. The van der Waals surface area contributed by atoms with E-state index in [-0.39, 0.29) is 18.9 Å². The summed E-state index contributed by atoms with van der Waals surface area (Å²) in [6, 6.07) is -0.914. The normalized spacial score (nSPS) is 21.1. The van der Waals surface area contributed by atoms with Gasteiger partial charge in [0.2, 0.25) is 5.91 Å². The van der Waals surface area contributed by atoms with E-state index in [1.54, 1.807) is 6.08 Å². The van der Waals surface area contributed by atoms with Crippen molar-refractivity contribution in [2.24, 2.45) is 0 Å². The second kappa shape index (κ2) is 77.3. The molecule has 0 spiro atoms. The molecule has 2 heterocycles. The van der Waals surface area contributed by atoms with Gasteiger partial charge in [-0.05, 0) is 19.3 Å². The van der Waals surface area contributed by atoms with E-state index in [2.05, 4.69) is 19.2 Å². The smallest absolute Gasteiger partial charge is 0.220 e. The van der Waals surface area contributed by atoms with Gasteiger partial charge < -0.3 is 65.1 Å². The number of hydrogen-bond donors (Lipinski definition) is 9.